The molecule has 2 atom stereocenters. The second kappa shape index (κ2) is 7.48. The summed E-state index contributed by atoms with van der Waals surface area (Å²) < 4.78 is 12.3. The Morgan fingerprint density at radius 1 is 1.33 bits per heavy atom. The highest BCUT2D eigenvalue weighted by atomic mass is 16.5. The second-order valence-corrected chi connectivity index (χ2v) is 7.60. The Balaban J connectivity index is 1.79. The van der Waals surface area contributed by atoms with Gasteiger partial charge in [0.05, 0.1) is 26.0 Å². The lowest BCUT2D eigenvalue weighted by atomic mass is 10.0. The first-order valence-corrected chi connectivity index (χ1v) is 9.93. The molecule has 156 valence electrons. The highest BCUT2D eigenvalue weighted by molar-refractivity contribution is 5.84. The van der Waals surface area contributed by atoms with Crippen LogP contribution in [0.3, 0.4) is 0 Å². The molecule has 0 amide bonds. The fraction of sp³-hybridized carbons (Fsp3) is 0.348. The van der Waals surface area contributed by atoms with E-state index >= 15 is 0 Å². The van der Waals surface area contributed by atoms with Gasteiger partial charge in [-0.1, -0.05) is 19.4 Å². The summed E-state index contributed by atoms with van der Waals surface area (Å²) in [6.07, 6.45) is 8.75. The molecular weight excluding hydrogens is 384 g/mol. The summed E-state index contributed by atoms with van der Waals surface area (Å²) in [5.41, 5.74) is 0.873. The van der Waals surface area contributed by atoms with E-state index in [1.165, 1.54) is 0 Å². The number of rotatable bonds is 7. The summed E-state index contributed by atoms with van der Waals surface area (Å²) in [5.74, 6) is 0.983. The Morgan fingerprint density at radius 3 is 2.80 bits per heavy atom. The van der Waals surface area contributed by atoms with Crippen LogP contribution in [0, 0.1) is 5.41 Å². The summed E-state index contributed by atoms with van der Waals surface area (Å²) in [4.78, 5) is 29.6. The standard InChI is InChI=1S/C23H24N2O5/c1-4-5-16-17(8-6-14-12-15(29-2)7-9-18(14)30-3)24-20-10-11-23(22(27)28)13-19(23)25(20)21(16)26/h6-12,19H,4-5,13H2,1-3H3,(H,27,28)/b8-6+. The van der Waals surface area contributed by atoms with Crippen molar-refractivity contribution < 1.29 is 19.4 Å². The minimum absolute atomic E-state index is 0.156. The predicted octanol–water partition coefficient (Wildman–Crippen LogP) is 3.43. The van der Waals surface area contributed by atoms with Crippen molar-refractivity contribution in [2.45, 2.75) is 32.2 Å². The maximum Gasteiger partial charge on any atom is 0.315 e. The number of hydrogen-bond acceptors (Lipinski definition) is 5. The average molecular weight is 408 g/mol. The molecule has 4 rings (SSSR count). The molecular formula is C23H24N2O5. The van der Waals surface area contributed by atoms with Crippen LogP contribution in [0.4, 0.5) is 0 Å². The molecule has 2 heterocycles. The molecule has 1 aliphatic carbocycles. The van der Waals surface area contributed by atoms with Gasteiger partial charge < -0.3 is 14.6 Å². The van der Waals surface area contributed by atoms with E-state index in [1.54, 1.807) is 30.9 Å². The molecule has 2 aromatic rings. The van der Waals surface area contributed by atoms with Gasteiger partial charge in [0.15, 0.2) is 0 Å². The van der Waals surface area contributed by atoms with E-state index in [4.69, 9.17) is 14.5 Å². The van der Waals surface area contributed by atoms with E-state index in [2.05, 4.69) is 0 Å². The number of benzene rings is 1. The summed E-state index contributed by atoms with van der Waals surface area (Å²) in [5, 5.41) is 9.57. The molecule has 1 N–H and O–H groups in total. The van der Waals surface area contributed by atoms with Crippen molar-refractivity contribution in [3.05, 3.63) is 57.3 Å². The normalized spacial score (nSPS) is 21.2. The third-order valence-corrected chi connectivity index (χ3v) is 5.83. The second-order valence-electron chi connectivity index (χ2n) is 7.60. The molecule has 0 saturated heterocycles. The monoisotopic (exact) mass is 408 g/mol. The number of carboxylic acid groups (broad SMARTS) is 1. The van der Waals surface area contributed by atoms with Crippen LogP contribution in [0.2, 0.25) is 0 Å². The lowest BCUT2D eigenvalue weighted by Gasteiger charge is -2.19. The van der Waals surface area contributed by atoms with Crippen molar-refractivity contribution in [1.82, 2.24) is 9.55 Å². The molecule has 7 nitrogen and oxygen atoms in total. The Kier molecular flexibility index (Phi) is 4.97. The van der Waals surface area contributed by atoms with E-state index in [0.717, 1.165) is 12.0 Å². The maximum atomic E-state index is 13.3. The van der Waals surface area contributed by atoms with Crippen LogP contribution in [0.25, 0.3) is 18.2 Å². The van der Waals surface area contributed by atoms with Crippen LogP contribution in [0.1, 0.15) is 48.5 Å². The van der Waals surface area contributed by atoms with Crippen LogP contribution < -0.4 is 15.0 Å². The molecule has 1 aliphatic heterocycles. The molecule has 2 aliphatic rings. The van der Waals surface area contributed by atoms with Crippen molar-refractivity contribution in [3.8, 4) is 11.5 Å². The number of ether oxygens (including phenoxy) is 2. The van der Waals surface area contributed by atoms with Gasteiger partial charge in [0.25, 0.3) is 5.56 Å². The minimum atomic E-state index is -0.965. The van der Waals surface area contributed by atoms with E-state index in [-0.39, 0.29) is 11.6 Å². The van der Waals surface area contributed by atoms with Crippen molar-refractivity contribution in [1.29, 1.82) is 0 Å². The van der Waals surface area contributed by atoms with Gasteiger partial charge in [0.1, 0.15) is 22.7 Å². The summed E-state index contributed by atoms with van der Waals surface area (Å²) in [7, 11) is 3.20. The largest absolute Gasteiger partial charge is 0.497 e. The van der Waals surface area contributed by atoms with Gasteiger partial charge >= 0.3 is 5.97 Å². The van der Waals surface area contributed by atoms with Gasteiger partial charge in [-0.25, -0.2) is 4.98 Å². The summed E-state index contributed by atoms with van der Waals surface area (Å²) in [6.45, 7) is 2.00. The van der Waals surface area contributed by atoms with Gasteiger partial charge in [0, 0.05) is 11.1 Å². The van der Waals surface area contributed by atoms with Gasteiger partial charge in [-0.05, 0) is 49.3 Å². The lowest BCUT2D eigenvalue weighted by molar-refractivity contribution is -0.141. The van der Waals surface area contributed by atoms with Crippen molar-refractivity contribution in [2.75, 3.05) is 14.2 Å². The number of aliphatic carboxylic acids is 1. The highest BCUT2D eigenvalue weighted by Crippen LogP contribution is 2.59. The molecule has 1 aromatic carbocycles. The molecule has 1 fully saturated rings. The van der Waals surface area contributed by atoms with Crippen molar-refractivity contribution in [3.63, 3.8) is 0 Å². The summed E-state index contributed by atoms with van der Waals surface area (Å²) >= 11 is 0. The van der Waals surface area contributed by atoms with E-state index in [0.29, 0.717) is 41.4 Å². The molecule has 30 heavy (non-hydrogen) atoms. The zero-order valence-electron chi connectivity index (χ0n) is 17.2. The first kappa shape index (κ1) is 19.9. The minimum Gasteiger partial charge on any atom is -0.497 e. The molecule has 1 saturated carbocycles. The highest BCUT2D eigenvalue weighted by Gasteiger charge is 2.62. The lowest BCUT2D eigenvalue weighted by Crippen LogP contribution is -2.32. The zero-order valence-corrected chi connectivity index (χ0v) is 17.2. The van der Waals surface area contributed by atoms with Gasteiger partial charge in [-0.2, -0.15) is 0 Å². The van der Waals surface area contributed by atoms with Gasteiger partial charge in [-0.3, -0.25) is 14.2 Å². The van der Waals surface area contributed by atoms with E-state index in [1.807, 2.05) is 37.3 Å². The van der Waals surface area contributed by atoms with Crippen LogP contribution in [0.15, 0.2) is 29.1 Å². The number of aromatic nitrogens is 2. The van der Waals surface area contributed by atoms with Gasteiger partial charge in [0.2, 0.25) is 0 Å². The number of carboxylic acids is 1. The average Bonchev–Trinajstić information content (AvgIpc) is 3.50. The third-order valence-electron chi connectivity index (χ3n) is 5.83. The van der Waals surface area contributed by atoms with E-state index < -0.39 is 11.4 Å². The van der Waals surface area contributed by atoms with Crippen molar-refractivity contribution >= 4 is 24.2 Å². The van der Waals surface area contributed by atoms with Crippen LogP contribution in [-0.4, -0.2) is 34.8 Å². The Hall–Kier alpha value is -3.35. The number of carbonyl (C=O) groups is 1. The Labute approximate surface area is 174 Å². The Morgan fingerprint density at radius 2 is 2.13 bits per heavy atom. The molecule has 0 spiro atoms. The quantitative estimate of drug-likeness (QED) is 0.755. The first-order chi connectivity index (χ1) is 14.4. The number of fused-ring (bicyclic) bond motifs is 3. The SMILES string of the molecule is CCCc1c(/C=C/c2cc(OC)ccc2OC)nc2n(c1=O)C1CC1(C(=O)O)C=C2. The van der Waals surface area contributed by atoms with Gasteiger partial charge in [-0.15, -0.1) is 0 Å². The molecule has 0 radical (unpaired) electrons. The molecule has 7 heteroatoms. The number of nitrogens with zero attached hydrogens (tertiary/aromatic N) is 2. The predicted molar refractivity (Wildman–Crippen MR) is 114 cm³/mol. The summed E-state index contributed by atoms with van der Waals surface area (Å²) in [6, 6.07) is 5.13. The van der Waals surface area contributed by atoms with Crippen LogP contribution in [0.5, 0.6) is 11.5 Å². The van der Waals surface area contributed by atoms with Crippen LogP contribution >= 0.6 is 0 Å². The third kappa shape index (κ3) is 3.10. The van der Waals surface area contributed by atoms with Crippen molar-refractivity contribution in [2.24, 2.45) is 5.41 Å². The number of hydrogen-bond donors (Lipinski definition) is 1. The fourth-order valence-corrected chi connectivity index (χ4v) is 4.07. The molecule has 2 unspecified atom stereocenters. The molecule has 0 bridgehead atoms. The topological polar surface area (TPSA) is 90.7 Å². The first-order valence-electron chi connectivity index (χ1n) is 9.93. The fourth-order valence-electron chi connectivity index (χ4n) is 4.07. The van der Waals surface area contributed by atoms with Crippen LogP contribution in [-0.2, 0) is 11.2 Å². The molecule has 1 aromatic heterocycles. The smallest absolute Gasteiger partial charge is 0.315 e. The maximum absolute atomic E-state index is 13.3. The zero-order chi connectivity index (χ0) is 21.5. The number of methoxy groups -OCH3 is 2. The van der Waals surface area contributed by atoms with E-state index in [9.17, 15) is 14.7 Å². The Bertz CT molecular complexity index is 1130.